The predicted octanol–water partition coefficient (Wildman–Crippen LogP) is 0.827. The first kappa shape index (κ1) is 5.45. The van der Waals surface area contributed by atoms with Gasteiger partial charge in [0.2, 0.25) is 0 Å². The molecule has 1 aliphatic heterocycles. The van der Waals surface area contributed by atoms with E-state index in [4.69, 9.17) is 0 Å². The Balaban J connectivity index is 2.12. The minimum Gasteiger partial charge on any atom is -0.304 e. The van der Waals surface area contributed by atoms with Crippen molar-refractivity contribution in [1.29, 1.82) is 0 Å². The highest BCUT2D eigenvalue weighted by atomic mass is 32.2. The fourth-order valence-corrected chi connectivity index (χ4v) is 1.51. The fraction of sp³-hybridized carbons (Fsp3) is 0.800. The minimum absolute atomic E-state index is 1.16. The Kier molecular flexibility index (Phi) is 2.00. The summed E-state index contributed by atoms with van der Waals surface area (Å²) in [6, 6.07) is 0. The Hall–Kier alpha value is 0.310. The zero-order valence-corrected chi connectivity index (χ0v) is 5.37. The molecule has 0 saturated carbocycles. The molecular weight excluding hydrogens is 106 g/mol. The third kappa shape index (κ3) is 1.70. The molecule has 0 bridgehead atoms. The van der Waals surface area contributed by atoms with Gasteiger partial charge in [0.25, 0.3) is 0 Å². The molecule has 1 nitrogen and oxygen atoms in total. The van der Waals surface area contributed by atoms with E-state index < -0.39 is 0 Å². The van der Waals surface area contributed by atoms with Gasteiger partial charge in [-0.15, -0.1) is 0 Å². The van der Waals surface area contributed by atoms with Gasteiger partial charge < -0.3 is 4.90 Å². The largest absolute Gasteiger partial charge is 0.304 e. The monoisotopic (exact) mass is 116 g/mol. The van der Waals surface area contributed by atoms with Crippen LogP contribution in [0.25, 0.3) is 0 Å². The van der Waals surface area contributed by atoms with Gasteiger partial charge in [0.15, 0.2) is 0 Å². The van der Waals surface area contributed by atoms with Gasteiger partial charge in [-0.05, 0) is 7.05 Å². The molecule has 1 heterocycles. The van der Waals surface area contributed by atoms with Gasteiger partial charge in [-0.1, -0.05) is 0 Å². The van der Waals surface area contributed by atoms with Crippen molar-refractivity contribution in [1.82, 2.24) is 4.90 Å². The molecule has 0 amide bonds. The van der Waals surface area contributed by atoms with E-state index >= 15 is 0 Å². The van der Waals surface area contributed by atoms with Crippen LogP contribution in [-0.2, 0) is 0 Å². The standard InChI is InChI=1S/C5H10NS/c1-6-2-4-7-5-3-6/h4H,2-3,5H2,1H3. The van der Waals surface area contributed by atoms with Gasteiger partial charge in [0, 0.05) is 24.6 Å². The van der Waals surface area contributed by atoms with Crippen molar-refractivity contribution in [3.63, 3.8) is 0 Å². The van der Waals surface area contributed by atoms with Crippen molar-refractivity contribution in [2.24, 2.45) is 0 Å². The summed E-state index contributed by atoms with van der Waals surface area (Å²) in [7, 11) is 2.15. The lowest BCUT2D eigenvalue weighted by Gasteiger charge is -2.19. The Labute approximate surface area is 49.1 Å². The van der Waals surface area contributed by atoms with Gasteiger partial charge in [-0.25, -0.2) is 0 Å². The van der Waals surface area contributed by atoms with Crippen molar-refractivity contribution in [3.8, 4) is 0 Å². The van der Waals surface area contributed by atoms with E-state index in [0.29, 0.717) is 0 Å². The summed E-state index contributed by atoms with van der Waals surface area (Å²) < 4.78 is 0. The van der Waals surface area contributed by atoms with Gasteiger partial charge in [0.05, 0.1) is 0 Å². The molecule has 1 rings (SSSR count). The third-order valence-corrected chi connectivity index (χ3v) is 1.90. The molecule has 1 radical (unpaired) electrons. The topological polar surface area (TPSA) is 3.24 Å². The third-order valence-electron chi connectivity index (χ3n) is 1.09. The molecule has 0 aromatic rings. The average Bonchev–Trinajstić information content (AvgIpc) is 1.69. The van der Waals surface area contributed by atoms with Crippen molar-refractivity contribution < 1.29 is 0 Å². The molecule has 1 fully saturated rings. The van der Waals surface area contributed by atoms with Gasteiger partial charge in [-0.3, -0.25) is 0 Å². The fourth-order valence-electron chi connectivity index (χ4n) is 0.563. The number of rotatable bonds is 0. The van der Waals surface area contributed by atoms with Crippen LogP contribution >= 0.6 is 11.8 Å². The maximum absolute atomic E-state index is 2.32. The van der Waals surface area contributed by atoms with Gasteiger partial charge >= 0.3 is 0 Å². The van der Waals surface area contributed by atoms with Crippen LogP contribution in [0.3, 0.4) is 0 Å². The van der Waals surface area contributed by atoms with Crippen molar-refractivity contribution in [2.45, 2.75) is 0 Å². The zero-order valence-electron chi connectivity index (χ0n) is 4.55. The van der Waals surface area contributed by atoms with E-state index in [1.165, 1.54) is 12.3 Å². The summed E-state index contributed by atoms with van der Waals surface area (Å²) in [6.07, 6.45) is 0. The smallest absolute Gasteiger partial charge is 0.0306 e. The molecular formula is C5H10NS. The van der Waals surface area contributed by atoms with E-state index in [-0.39, 0.29) is 0 Å². The lowest BCUT2D eigenvalue weighted by atomic mass is 10.6. The van der Waals surface area contributed by atoms with Gasteiger partial charge in [0.1, 0.15) is 0 Å². The second kappa shape index (κ2) is 2.58. The molecule has 0 aliphatic carbocycles. The molecule has 41 valence electrons. The molecule has 1 saturated heterocycles. The molecule has 2 heteroatoms. The first-order valence-corrected chi connectivity index (χ1v) is 3.56. The highest BCUT2D eigenvalue weighted by molar-refractivity contribution is 8.01. The summed E-state index contributed by atoms with van der Waals surface area (Å²) in [4.78, 5) is 2.32. The number of hydrogen-bond acceptors (Lipinski definition) is 2. The van der Waals surface area contributed by atoms with E-state index in [1.54, 1.807) is 0 Å². The van der Waals surface area contributed by atoms with Crippen LogP contribution < -0.4 is 0 Å². The lowest BCUT2D eigenvalue weighted by molar-refractivity contribution is 0.385. The summed E-state index contributed by atoms with van der Waals surface area (Å²) in [6.45, 7) is 2.41. The van der Waals surface area contributed by atoms with Crippen LogP contribution in [0.5, 0.6) is 0 Å². The quantitative estimate of drug-likeness (QED) is 0.461. The molecule has 0 aromatic carbocycles. The molecule has 0 unspecified atom stereocenters. The average molecular weight is 116 g/mol. The molecule has 1 aliphatic rings. The van der Waals surface area contributed by atoms with E-state index in [9.17, 15) is 0 Å². The highest BCUT2D eigenvalue weighted by Crippen LogP contribution is 2.10. The predicted molar refractivity (Wildman–Crippen MR) is 34.3 cm³/mol. The molecule has 7 heavy (non-hydrogen) atoms. The normalized spacial score (nSPS) is 25.3. The van der Waals surface area contributed by atoms with Gasteiger partial charge in [-0.2, -0.15) is 11.8 Å². The summed E-state index contributed by atoms with van der Waals surface area (Å²) in [5.74, 6) is 3.53. The second-order valence-corrected chi connectivity index (χ2v) is 2.87. The zero-order chi connectivity index (χ0) is 5.11. The maximum atomic E-state index is 2.32. The minimum atomic E-state index is 1.16. The van der Waals surface area contributed by atoms with Crippen molar-refractivity contribution >= 4 is 11.8 Å². The first-order valence-electron chi connectivity index (χ1n) is 2.51. The lowest BCUT2D eigenvalue weighted by Crippen LogP contribution is -2.25. The first-order chi connectivity index (χ1) is 3.39. The molecule has 0 spiro atoms. The second-order valence-electron chi connectivity index (χ2n) is 1.80. The number of nitrogens with zero attached hydrogens (tertiary/aromatic N) is 1. The molecule has 0 N–H and O–H groups in total. The van der Waals surface area contributed by atoms with Crippen LogP contribution in [0.2, 0.25) is 0 Å². The van der Waals surface area contributed by atoms with Crippen LogP contribution in [0, 0.1) is 5.75 Å². The van der Waals surface area contributed by atoms with Crippen LogP contribution in [0.1, 0.15) is 0 Å². The van der Waals surface area contributed by atoms with E-state index in [0.717, 1.165) is 6.54 Å². The molecule has 0 aromatic heterocycles. The van der Waals surface area contributed by atoms with Crippen molar-refractivity contribution in [2.75, 3.05) is 25.9 Å². The Morgan fingerprint density at radius 1 is 1.71 bits per heavy atom. The number of thioether (sulfide) groups is 1. The highest BCUT2D eigenvalue weighted by Gasteiger charge is 2.03. The Morgan fingerprint density at radius 3 is 2.86 bits per heavy atom. The van der Waals surface area contributed by atoms with E-state index in [2.05, 4.69) is 17.7 Å². The molecule has 0 atom stereocenters. The van der Waals surface area contributed by atoms with E-state index in [1.807, 2.05) is 11.8 Å². The Morgan fingerprint density at radius 2 is 2.57 bits per heavy atom. The van der Waals surface area contributed by atoms with Crippen molar-refractivity contribution in [3.05, 3.63) is 5.75 Å². The van der Waals surface area contributed by atoms with Crippen LogP contribution in [0.15, 0.2) is 0 Å². The summed E-state index contributed by atoms with van der Waals surface area (Å²) >= 11 is 1.93. The number of hydrogen-bond donors (Lipinski definition) is 0. The SMILES string of the molecule is CN1C[CH]SCC1. The summed E-state index contributed by atoms with van der Waals surface area (Å²) in [5, 5.41) is 0. The Bertz CT molecular complexity index is 50.0. The maximum Gasteiger partial charge on any atom is 0.0306 e. The van der Waals surface area contributed by atoms with Crippen LogP contribution in [-0.4, -0.2) is 30.8 Å². The summed E-state index contributed by atoms with van der Waals surface area (Å²) in [5.41, 5.74) is 0. The van der Waals surface area contributed by atoms with Crippen LogP contribution in [0.4, 0.5) is 0 Å².